The summed E-state index contributed by atoms with van der Waals surface area (Å²) in [6.07, 6.45) is 2.81. The van der Waals surface area contributed by atoms with Crippen LogP contribution in [-0.2, 0) is 27.5 Å². The number of aromatic nitrogens is 5. The molecule has 290 valence electrons. The zero-order valence-electron chi connectivity index (χ0n) is 30.9. The Hall–Kier alpha value is -4.35. The molecule has 2 aliphatic heterocycles. The molecule has 1 saturated heterocycles. The minimum absolute atomic E-state index is 0.0111. The van der Waals surface area contributed by atoms with Crippen LogP contribution >= 0.6 is 0 Å². The van der Waals surface area contributed by atoms with Crippen molar-refractivity contribution in [3.8, 4) is 11.8 Å². The number of carboxylic acids is 1. The molecule has 0 amide bonds. The number of hydrogen-bond donors (Lipinski definition) is 1. The van der Waals surface area contributed by atoms with Crippen LogP contribution in [0.4, 0.5) is 13.2 Å². The molecule has 6 heterocycles. The Kier molecular flexibility index (Phi) is 9.66. The first-order valence-corrected chi connectivity index (χ1v) is 19.5. The maximum atomic E-state index is 14.4. The van der Waals surface area contributed by atoms with E-state index in [1.165, 1.54) is 36.8 Å². The second-order valence-electron chi connectivity index (χ2n) is 15.3. The van der Waals surface area contributed by atoms with Crippen molar-refractivity contribution in [2.75, 3.05) is 32.8 Å². The van der Waals surface area contributed by atoms with Crippen LogP contribution in [0.15, 0.2) is 35.5 Å². The van der Waals surface area contributed by atoms with Crippen LogP contribution in [0.25, 0.3) is 5.65 Å². The number of aliphatic carboxylic acids is 1. The molecule has 1 aliphatic carbocycles. The SMILES string of the molecule is Cc1cnc([C@@H](c2ccn3c(C(F)(F)F)nnc3c2C)C(C)(C)C(=O)O)cc1CN1CC2(CC2)Oc2nc(OCCN3CCCCC3)c(C)cc2S1(=O)=O. The van der Waals surface area contributed by atoms with E-state index in [2.05, 4.69) is 25.1 Å². The normalized spacial score (nSPS) is 19.3. The summed E-state index contributed by atoms with van der Waals surface area (Å²) >= 11 is 0. The molecular formula is C37H44F3N7O6S. The third-order valence-electron chi connectivity index (χ3n) is 11.0. The van der Waals surface area contributed by atoms with Gasteiger partial charge in [0.2, 0.25) is 27.6 Å². The highest BCUT2D eigenvalue weighted by Gasteiger charge is 2.53. The number of pyridine rings is 3. The van der Waals surface area contributed by atoms with Crippen molar-refractivity contribution in [3.05, 3.63) is 69.9 Å². The minimum Gasteiger partial charge on any atom is -0.481 e. The highest BCUT2D eigenvalue weighted by atomic mass is 32.2. The zero-order valence-corrected chi connectivity index (χ0v) is 31.7. The second-order valence-corrected chi connectivity index (χ2v) is 17.2. The predicted octanol–water partition coefficient (Wildman–Crippen LogP) is 5.69. The van der Waals surface area contributed by atoms with Gasteiger partial charge in [-0.15, -0.1) is 10.2 Å². The molecule has 4 aromatic heterocycles. The van der Waals surface area contributed by atoms with Gasteiger partial charge in [-0.1, -0.05) is 6.42 Å². The van der Waals surface area contributed by atoms with E-state index in [0.717, 1.165) is 36.9 Å². The molecule has 1 N–H and O–H groups in total. The number of piperidine rings is 1. The second kappa shape index (κ2) is 13.7. The van der Waals surface area contributed by atoms with E-state index in [1.807, 2.05) is 0 Å². The first kappa shape index (κ1) is 37.9. The maximum Gasteiger partial charge on any atom is 0.452 e. The number of nitrogens with zero attached hydrogens (tertiary/aromatic N) is 7. The number of rotatable bonds is 10. The van der Waals surface area contributed by atoms with Crippen LogP contribution in [0.2, 0.25) is 0 Å². The molecule has 4 aromatic rings. The van der Waals surface area contributed by atoms with E-state index in [4.69, 9.17) is 9.47 Å². The molecule has 0 radical (unpaired) electrons. The summed E-state index contributed by atoms with van der Waals surface area (Å²) in [5.74, 6) is -2.98. The Bertz CT molecular complexity index is 2220. The third-order valence-corrected chi connectivity index (χ3v) is 12.8. The standard InChI is InChI=1S/C37H44F3N7O6S/c1-22-17-28-32(42-31(22)52-16-15-45-12-7-6-8-13-45)53-36(10-11-36)21-46(54(28,50)51)20-25-18-27(41-19-23(25)2)29(35(4,5)34(48)49)26-9-14-47-30(24(26)3)43-44-33(47)37(38,39)40/h9,14,17-19,29H,6-8,10-13,15-16,20-21H2,1-5H3,(H,48,49)/t29-/m1/s1. The number of carboxylic acid groups (broad SMARTS) is 1. The molecule has 1 saturated carbocycles. The van der Waals surface area contributed by atoms with Gasteiger partial charge >= 0.3 is 12.1 Å². The molecule has 0 bridgehead atoms. The summed E-state index contributed by atoms with van der Waals surface area (Å²) in [6, 6.07) is 4.67. The van der Waals surface area contributed by atoms with Gasteiger partial charge in [0.25, 0.3) is 0 Å². The Morgan fingerprint density at radius 2 is 1.80 bits per heavy atom. The number of hydrogen-bond acceptors (Lipinski definition) is 10. The van der Waals surface area contributed by atoms with Crippen molar-refractivity contribution < 1.29 is 41.0 Å². The van der Waals surface area contributed by atoms with Crippen molar-refractivity contribution >= 4 is 21.6 Å². The van der Waals surface area contributed by atoms with Gasteiger partial charge in [0.15, 0.2) is 5.65 Å². The Morgan fingerprint density at radius 1 is 1.07 bits per heavy atom. The lowest BCUT2D eigenvalue weighted by atomic mass is 9.71. The van der Waals surface area contributed by atoms with E-state index < -0.39 is 44.9 Å². The van der Waals surface area contributed by atoms with Gasteiger partial charge in [-0.3, -0.25) is 19.1 Å². The maximum absolute atomic E-state index is 14.4. The lowest BCUT2D eigenvalue weighted by Gasteiger charge is -2.32. The third kappa shape index (κ3) is 7.01. The van der Waals surface area contributed by atoms with Gasteiger partial charge in [-0.2, -0.15) is 22.5 Å². The number of carbonyl (C=O) groups is 1. The average molecular weight is 772 g/mol. The number of halogens is 3. The first-order chi connectivity index (χ1) is 25.4. The zero-order chi connectivity index (χ0) is 38.8. The molecule has 0 aromatic carbocycles. The fourth-order valence-corrected chi connectivity index (χ4v) is 9.11. The monoisotopic (exact) mass is 771 g/mol. The van der Waals surface area contributed by atoms with Crippen LogP contribution in [-0.4, -0.2) is 91.7 Å². The minimum atomic E-state index is -4.75. The Morgan fingerprint density at radius 3 is 2.46 bits per heavy atom. The first-order valence-electron chi connectivity index (χ1n) is 18.1. The van der Waals surface area contributed by atoms with Crippen molar-refractivity contribution in [3.63, 3.8) is 0 Å². The largest absolute Gasteiger partial charge is 0.481 e. The molecular weight excluding hydrogens is 728 g/mol. The van der Waals surface area contributed by atoms with E-state index in [9.17, 15) is 31.5 Å². The lowest BCUT2D eigenvalue weighted by molar-refractivity contribution is -0.147. The van der Waals surface area contributed by atoms with Crippen LogP contribution in [0.1, 0.15) is 91.2 Å². The molecule has 13 nitrogen and oxygen atoms in total. The van der Waals surface area contributed by atoms with Gasteiger partial charge in [-0.25, -0.2) is 8.42 Å². The summed E-state index contributed by atoms with van der Waals surface area (Å²) in [5, 5.41) is 17.6. The number of likely N-dealkylation sites (tertiary alicyclic amines) is 1. The van der Waals surface area contributed by atoms with Gasteiger partial charge in [0.1, 0.15) is 17.1 Å². The van der Waals surface area contributed by atoms with Crippen LogP contribution in [0, 0.1) is 26.2 Å². The van der Waals surface area contributed by atoms with E-state index in [1.54, 1.807) is 39.1 Å². The number of fused-ring (bicyclic) bond motifs is 2. The molecule has 1 atom stereocenters. The highest BCUT2D eigenvalue weighted by molar-refractivity contribution is 7.89. The summed E-state index contributed by atoms with van der Waals surface area (Å²) in [5.41, 5.74) is 0.488. The van der Waals surface area contributed by atoms with Crippen molar-refractivity contribution in [1.82, 2.24) is 33.8 Å². The summed E-state index contributed by atoms with van der Waals surface area (Å²) in [6.45, 7) is 11.4. The van der Waals surface area contributed by atoms with Gasteiger partial charge < -0.3 is 14.6 Å². The van der Waals surface area contributed by atoms with Gasteiger partial charge in [-0.05, 0) is 114 Å². The van der Waals surface area contributed by atoms with Gasteiger partial charge in [0, 0.05) is 42.7 Å². The summed E-state index contributed by atoms with van der Waals surface area (Å²) in [7, 11) is -4.15. The lowest BCUT2D eigenvalue weighted by Crippen LogP contribution is -2.38. The van der Waals surface area contributed by atoms with Crippen LogP contribution < -0.4 is 9.47 Å². The summed E-state index contributed by atoms with van der Waals surface area (Å²) < 4.78 is 84.5. The topological polar surface area (TPSA) is 152 Å². The van der Waals surface area contributed by atoms with Crippen LogP contribution in [0.5, 0.6) is 11.8 Å². The van der Waals surface area contributed by atoms with Crippen molar-refractivity contribution in [2.24, 2.45) is 5.41 Å². The highest BCUT2D eigenvalue weighted by Crippen LogP contribution is 2.48. The van der Waals surface area contributed by atoms with Crippen molar-refractivity contribution in [1.29, 1.82) is 0 Å². The fraction of sp³-hybridized carbons (Fsp3) is 0.541. The number of alkyl halides is 3. The van der Waals surface area contributed by atoms with E-state index >= 15 is 0 Å². The number of sulfonamides is 1. The van der Waals surface area contributed by atoms with Crippen molar-refractivity contribution in [2.45, 2.75) is 95.9 Å². The Balaban J connectivity index is 1.22. The molecule has 17 heteroatoms. The molecule has 1 spiro atoms. The Labute approximate surface area is 311 Å². The molecule has 3 aliphatic rings. The van der Waals surface area contributed by atoms with E-state index in [0.29, 0.717) is 58.8 Å². The van der Waals surface area contributed by atoms with Crippen LogP contribution in [0.3, 0.4) is 0 Å². The smallest absolute Gasteiger partial charge is 0.452 e. The molecule has 0 unspecified atom stereocenters. The fourth-order valence-electron chi connectivity index (χ4n) is 7.48. The average Bonchev–Trinajstić information content (AvgIpc) is 3.72. The summed E-state index contributed by atoms with van der Waals surface area (Å²) in [4.78, 5) is 24.3. The molecule has 2 fully saturated rings. The number of ether oxygens (including phenoxy) is 2. The predicted molar refractivity (Wildman–Crippen MR) is 190 cm³/mol. The molecule has 7 rings (SSSR count). The van der Waals surface area contributed by atoms with E-state index in [-0.39, 0.29) is 29.5 Å². The van der Waals surface area contributed by atoms with Gasteiger partial charge in [0.05, 0.1) is 12.0 Å². The quantitative estimate of drug-likeness (QED) is 0.212. The molecule has 54 heavy (non-hydrogen) atoms. The number of aryl methyl sites for hydroxylation is 3.